The van der Waals surface area contributed by atoms with Gasteiger partial charge in [0.15, 0.2) is 0 Å². The van der Waals surface area contributed by atoms with Crippen molar-refractivity contribution in [3.63, 3.8) is 0 Å². The van der Waals surface area contributed by atoms with Crippen LogP contribution in [0.4, 0.5) is 14.9 Å². The maximum atomic E-state index is 16.1. The lowest BCUT2D eigenvalue weighted by atomic mass is 9.95. The summed E-state index contributed by atoms with van der Waals surface area (Å²) >= 11 is 0. The quantitative estimate of drug-likeness (QED) is 0.241. The Morgan fingerprint density at radius 1 is 1.12 bits per heavy atom. The average Bonchev–Trinajstić information content (AvgIpc) is 3.45. The third-order valence-corrected chi connectivity index (χ3v) is 7.60. The fourth-order valence-corrected chi connectivity index (χ4v) is 5.46. The number of alkyl carbamates (subject to hydrolysis) is 1. The van der Waals surface area contributed by atoms with Crippen LogP contribution in [0.3, 0.4) is 0 Å². The van der Waals surface area contributed by atoms with Crippen LogP contribution in [0.15, 0.2) is 60.7 Å². The normalized spacial score (nSPS) is 15.6. The van der Waals surface area contributed by atoms with Crippen molar-refractivity contribution in [1.29, 1.82) is 0 Å². The first-order valence-electron chi connectivity index (χ1n) is 14.9. The summed E-state index contributed by atoms with van der Waals surface area (Å²) in [6.45, 7) is 8.37. The third kappa shape index (κ3) is 9.04. The molecule has 2 N–H and O–H groups in total. The minimum atomic E-state index is -0.876. The Morgan fingerprint density at radius 2 is 1.86 bits per heavy atom. The Balaban J connectivity index is 1.66. The summed E-state index contributed by atoms with van der Waals surface area (Å²) in [5, 5.41) is 12.1. The fraction of sp³-hybridized carbons (Fsp3) is 0.429. The van der Waals surface area contributed by atoms with Crippen molar-refractivity contribution < 1.29 is 28.6 Å². The monoisotopic (exact) mass is 590 g/mol. The first-order chi connectivity index (χ1) is 20.4. The van der Waals surface area contributed by atoms with E-state index < -0.39 is 29.5 Å². The molecule has 1 amide bonds. The molecule has 0 radical (unpaired) electrons. The van der Waals surface area contributed by atoms with E-state index in [1.54, 1.807) is 45.9 Å². The average molecular weight is 591 g/mol. The van der Waals surface area contributed by atoms with E-state index in [1.807, 2.05) is 43.4 Å². The summed E-state index contributed by atoms with van der Waals surface area (Å²) in [6.07, 6.45) is 3.36. The van der Waals surface area contributed by atoms with Crippen LogP contribution in [0.25, 0.3) is 11.1 Å². The van der Waals surface area contributed by atoms with E-state index in [0.717, 1.165) is 60.2 Å². The zero-order valence-corrected chi connectivity index (χ0v) is 25.8. The number of carbonyl (C=O) groups excluding carboxylic acids is 1. The van der Waals surface area contributed by atoms with Gasteiger partial charge in [0.1, 0.15) is 11.4 Å². The van der Waals surface area contributed by atoms with Crippen molar-refractivity contribution in [2.24, 2.45) is 0 Å². The summed E-state index contributed by atoms with van der Waals surface area (Å²) in [6, 6.07) is 18.3. The smallest absolute Gasteiger partial charge is 0.408 e. The second-order valence-electron chi connectivity index (χ2n) is 12.3. The summed E-state index contributed by atoms with van der Waals surface area (Å²) < 4.78 is 27.4. The van der Waals surface area contributed by atoms with Gasteiger partial charge in [-0.2, -0.15) is 0 Å². The van der Waals surface area contributed by atoms with Crippen LogP contribution < -0.4 is 10.2 Å². The minimum Gasteiger partial charge on any atom is -0.481 e. The SMILES string of the molecule is C[C@@H](NC(=O)OC(C)(C)C)c1cccc(-c2cc(CC[C@@H]3CCCO3)cc(N(C)Cc3ccccc3CC(=O)O)c2)c1F. The number of nitrogens with one attached hydrogen (secondary N) is 1. The number of aryl methyl sites for hydroxylation is 1. The number of nitrogens with zero attached hydrogens (tertiary/aromatic N) is 1. The van der Waals surface area contributed by atoms with Crippen LogP contribution in [-0.4, -0.2) is 42.5 Å². The molecule has 2 atom stereocenters. The van der Waals surface area contributed by atoms with Gasteiger partial charge in [-0.3, -0.25) is 4.79 Å². The largest absolute Gasteiger partial charge is 0.481 e. The molecular formula is C35H43FN2O5. The number of hydrogen-bond acceptors (Lipinski definition) is 5. The lowest BCUT2D eigenvalue weighted by Gasteiger charge is -2.24. The van der Waals surface area contributed by atoms with Gasteiger partial charge in [0.05, 0.1) is 18.6 Å². The van der Waals surface area contributed by atoms with Gasteiger partial charge in [0.25, 0.3) is 0 Å². The summed E-state index contributed by atoms with van der Waals surface area (Å²) in [7, 11) is 1.96. The highest BCUT2D eigenvalue weighted by Gasteiger charge is 2.22. The van der Waals surface area contributed by atoms with Crippen molar-refractivity contribution in [2.75, 3.05) is 18.6 Å². The standard InChI is InChI=1S/C35H43FN2O5/c1-23(37-34(41)43-35(2,3)4)30-13-8-14-31(33(30)36)27-18-24(15-16-29-12-9-17-42-29)19-28(20-27)38(5)22-26-11-7-6-10-25(26)21-32(39)40/h6-8,10-11,13-14,18-20,23,29H,9,12,15-17,21-22H2,1-5H3,(H,37,41)(H,39,40)/t23-,29+/m1/s1. The Bertz CT molecular complexity index is 1430. The van der Waals surface area contributed by atoms with Gasteiger partial charge in [-0.1, -0.05) is 48.5 Å². The molecule has 1 saturated heterocycles. The number of amides is 1. The molecule has 0 unspecified atom stereocenters. The lowest BCUT2D eigenvalue weighted by molar-refractivity contribution is -0.136. The molecule has 1 heterocycles. The highest BCUT2D eigenvalue weighted by molar-refractivity contribution is 5.73. The van der Waals surface area contributed by atoms with Gasteiger partial charge in [-0.15, -0.1) is 0 Å². The van der Waals surface area contributed by atoms with Crippen LogP contribution in [0.5, 0.6) is 0 Å². The van der Waals surface area contributed by atoms with Crippen LogP contribution in [0.2, 0.25) is 0 Å². The van der Waals surface area contributed by atoms with Crippen LogP contribution in [0, 0.1) is 5.82 Å². The second-order valence-corrected chi connectivity index (χ2v) is 12.3. The number of hydrogen-bond donors (Lipinski definition) is 2. The number of carbonyl (C=O) groups is 2. The van der Waals surface area contributed by atoms with Gasteiger partial charge in [-0.25, -0.2) is 9.18 Å². The first-order valence-corrected chi connectivity index (χ1v) is 14.9. The Morgan fingerprint density at radius 3 is 2.53 bits per heavy atom. The van der Waals surface area contributed by atoms with E-state index in [2.05, 4.69) is 16.3 Å². The number of aliphatic carboxylic acids is 1. The molecule has 0 saturated carbocycles. The van der Waals surface area contributed by atoms with Gasteiger partial charge < -0.3 is 24.8 Å². The molecule has 0 bridgehead atoms. The number of rotatable bonds is 11. The Hall–Kier alpha value is -3.91. The molecule has 7 nitrogen and oxygen atoms in total. The molecule has 43 heavy (non-hydrogen) atoms. The fourth-order valence-electron chi connectivity index (χ4n) is 5.46. The van der Waals surface area contributed by atoms with Crippen LogP contribution in [-0.2, 0) is 33.7 Å². The Labute approximate surface area is 254 Å². The number of ether oxygens (including phenoxy) is 2. The highest BCUT2D eigenvalue weighted by atomic mass is 19.1. The first kappa shape index (κ1) is 32.0. The predicted molar refractivity (Wildman–Crippen MR) is 167 cm³/mol. The molecule has 0 aliphatic carbocycles. The van der Waals surface area contributed by atoms with Gasteiger partial charge in [0.2, 0.25) is 0 Å². The van der Waals surface area contributed by atoms with Crippen molar-refractivity contribution in [3.05, 3.63) is 88.7 Å². The Kier molecular flexibility index (Phi) is 10.5. The van der Waals surface area contributed by atoms with Gasteiger partial charge >= 0.3 is 12.1 Å². The van der Waals surface area contributed by atoms with E-state index in [1.165, 1.54) is 0 Å². The van der Waals surface area contributed by atoms with E-state index in [0.29, 0.717) is 17.7 Å². The predicted octanol–water partition coefficient (Wildman–Crippen LogP) is 7.45. The maximum absolute atomic E-state index is 16.1. The zero-order chi connectivity index (χ0) is 31.1. The van der Waals surface area contributed by atoms with Crippen LogP contribution >= 0.6 is 0 Å². The summed E-state index contributed by atoms with van der Waals surface area (Å²) in [5.41, 5.74) is 4.53. The van der Waals surface area contributed by atoms with Crippen molar-refractivity contribution in [3.8, 4) is 11.1 Å². The van der Waals surface area contributed by atoms with E-state index in [9.17, 15) is 14.7 Å². The number of benzene rings is 3. The van der Waals surface area contributed by atoms with E-state index >= 15 is 4.39 Å². The topological polar surface area (TPSA) is 88.1 Å². The van der Waals surface area contributed by atoms with Crippen molar-refractivity contribution >= 4 is 17.7 Å². The zero-order valence-electron chi connectivity index (χ0n) is 25.8. The van der Waals surface area contributed by atoms with E-state index in [4.69, 9.17) is 9.47 Å². The third-order valence-electron chi connectivity index (χ3n) is 7.60. The number of anilines is 1. The summed E-state index contributed by atoms with van der Waals surface area (Å²) in [4.78, 5) is 25.9. The van der Waals surface area contributed by atoms with Crippen LogP contribution in [0.1, 0.15) is 75.3 Å². The maximum Gasteiger partial charge on any atom is 0.408 e. The van der Waals surface area contributed by atoms with Gasteiger partial charge in [0, 0.05) is 37.0 Å². The van der Waals surface area contributed by atoms with Crippen molar-refractivity contribution in [1.82, 2.24) is 5.32 Å². The number of halogens is 1. The molecule has 0 spiro atoms. The van der Waals surface area contributed by atoms with E-state index in [-0.39, 0.29) is 12.5 Å². The molecule has 4 rings (SSSR count). The molecule has 3 aromatic carbocycles. The molecule has 1 aliphatic heterocycles. The van der Waals surface area contributed by atoms with Gasteiger partial charge in [-0.05, 0) is 87.8 Å². The molecule has 0 aromatic heterocycles. The molecule has 1 fully saturated rings. The molecule has 230 valence electrons. The molecule has 8 heteroatoms. The minimum absolute atomic E-state index is 0.0514. The highest BCUT2D eigenvalue weighted by Crippen LogP contribution is 2.33. The number of carboxylic acids is 1. The second kappa shape index (κ2) is 14.0. The molecule has 3 aromatic rings. The molecular weight excluding hydrogens is 547 g/mol. The number of carboxylic acid groups (broad SMARTS) is 1. The lowest BCUT2D eigenvalue weighted by Crippen LogP contribution is -2.34. The summed E-state index contributed by atoms with van der Waals surface area (Å²) in [5.74, 6) is -1.28. The van der Waals surface area contributed by atoms with Crippen molar-refractivity contribution in [2.45, 2.75) is 84.1 Å². The molecule has 1 aliphatic rings.